The summed E-state index contributed by atoms with van der Waals surface area (Å²) in [6.07, 6.45) is -3.75. The van der Waals surface area contributed by atoms with Gasteiger partial charge < -0.3 is 19.9 Å². The molecular weight excluding hydrogens is 455 g/mol. The van der Waals surface area contributed by atoms with Crippen molar-refractivity contribution in [3.05, 3.63) is 59.7 Å². The van der Waals surface area contributed by atoms with E-state index in [1.54, 1.807) is 30.8 Å². The van der Waals surface area contributed by atoms with Crippen LogP contribution in [0.25, 0.3) is 0 Å². The van der Waals surface area contributed by atoms with Crippen LogP contribution >= 0.6 is 11.8 Å². The Balaban J connectivity index is 1.66. The van der Waals surface area contributed by atoms with Crippen LogP contribution in [0.15, 0.2) is 48.5 Å². The minimum atomic E-state index is -4.44. The molecule has 3 amide bonds. The predicted octanol–water partition coefficient (Wildman–Crippen LogP) is 5.23. The van der Waals surface area contributed by atoms with E-state index in [4.69, 9.17) is 4.74 Å². The normalized spacial score (nSPS) is 18.4. The number of carbonyl (C=O) groups excluding carboxylic acids is 2. The van der Waals surface area contributed by atoms with Crippen LogP contribution in [0.2, 0.25) is 0 Å². The molecule has 2 atom stereocenters. The van der Waals surface area contributed by atoms with Crippen LogP contribution in [0.1, 0.15) is 29.8 Å². The number of hydrogen-bond acceptors (Lipinski definition) is 4. The Kier molecular flexibility index (Phi) is 7.78. The van der Waals surface area contributed by atoms with Gasteiger partial charge in [0.05, 0.1) is 17.9 Å². The molecule has 10 heteroatoms. The molecule has 3 rings (SSSR count). The van der Waals surface area contributed by atoms with Gasteiger partial charge in [-0.3, -0.25) is 4.79 Å². The number of ether oxygens (including phenoxy) is 1. The Morgan fingerprint density at radius 1 is 1.18 bits per heavy atom. The van der Waals surface area contributed by atoms with Crippen LogP contribution in [-0.2, 0) is 11.0 Å². The Bertz CT molecular complexity index is 985. The molecule has 0 aliphatic carbocycles. The van der Waals surface area contributed by atoms with Crippen molar-refractivity contribution in [1.29, 1.82) is 0 Å². The minimum Gasteiger partial charge on any atom is -0.496 e. The Morgan fingerprint density at radius 3 is 2.45 bits per heavy atom. The van der Waals surface area contributed by atoms with Crippen LogP contribution < -0.4 is 10.1 Å². The summed E-state index contributed by atoms with van der Waals surface area (Å²) >= 11 is 1.56. The maximum absolute atomic E-state index is 13.0. The zero-order valence-corrected chi connectivity index (χ0v) is 19.4. The quantitative estimate of drug-likeness (QED) is 0.588. The summed E-state index contributed by atoms with van der Waals surface area (Å²) in [5.74, 6) is 0.702. The van der Waals surface area contributed by atoms with Gasteiger partial charge in [0.25, 0.3) is 0 Å². The second kappa shape index (κ2) is 10.4. The molecule has 0 aromatic heterocycles. The van der Waals surface area contributed by atoms with Gasteiger partial charge in [0, 0.05) is 31.4 Å². The molecular formula is C23H26F3N3O3S. The van der Waals surface area contributed by atoms with Crippen molar-refractivity contribution in [2.24, 2.45) is 0 Å². The number of methoxy groups -OCH3 is 1. The molecule has 1 fully saturated rings. The van der Waals surface area contributed by atoms with Gasteiger partial charge in [-0.05, 0) is 36.8 Å². The van der Waals surface area contributed by atoms with Crippen LogP contribution in [-0.4, -0.2) is 54.2 Å². The fraction of sp³-hybridized carbons (Fsp3) is 0.391. The van der Waals surface area contributed by atoms with Crippen LogP contribution in [0.5, 0.6) is 5.75 Å². The molecule has 178 valence electrons. The third kappa shape index (κ3) is 5.73. The molecule has 1 saturated heterocycles. The van der Waals surface area contributed by atoms with E-state index < -0.39 is 17.8 Å². The Morgan fingerprint density at radius 2 is 1.85 bits per heavy atom. The predicted molar refractivity (Wildman–Crippen MR) is 122 cm³/mol. The average molecular weight is 482 g/mol. The lowest BCUT2D eigenvalue weighted by molar-refractivity contribution is -0.137. The number of nitrogens with zero attached hydrogens (tertiary/aromatic N) is 2. The fourth-order valence-electron chi connectivity index (χ4n) is 3.52. The van der Waals surface area contributed by atoms with Crippen molar-refractivity contribution in [1.82, 2.24) is 9.80 Å². The van der Waals surface area contributed by atoms with E-state index in [1.807, 2.05) is 31.2 Å². The first-order chi connectivity index (χ1) is 15.7. The molecule has 1 aliphatic heterocycles. The zero-order valence-electron chi connectivity index (χ0n) is 18.6. The molecule has 6 nitrogen and oxygen atoms in total. The molecule has 0 radical (unpaired) electrons. The summed E-state index contributed by atoms with van der Waals surface area (Å²) in [4.78, 5) is 28.6. The van der Waals surface area contributed by atoms with E-state index in [1.165, 1.54) is 17.0 Å². The molecule has 0 saturated carbocycles. The topological polar surface area (TPSA) is 61.9 Å². The number of para-hydroxylation sites is 1. The van der Waals surface area contributed by atoms with Crippen molar-refractivity contribution in [3.8, 4) is 5.75 Å². The van der Waals surface area contributed by atoms with Crippen molar-refractivity contribution in [2.45, 2.75) is 30.1 Å². The van der Waals surface area contributed by atoms with Gasteiger partial charge in [-0.1, -0.05) is 25.1 Å². The second-order valence-electron chi connectivity index (χ2n) is 7.59. The first-order valence-corrected chi connectivity index (χ1v) is 11.4. The van der Waals surface area contributed by atoms with Gasteiger partial charge in [-0.2, -0.15) is 13.2 Å². The van der Waals surface area contributed by atoms with Gasteiger partial charge in [0.2, 0.25) is 5.91 Å². The molecule has 2 unspecified atom stereocenters. The van der Waals surface area contributed by atoms with Crippen LogP contribution in [0.3, 0.4) is 0 Å². The first kappa shape index (κ1) is 24.8. The zero-order chi connectivity index (χ0) is 24.2. The summed E-state index contributed by atoms with van der Waals surface area (Å²) < 4.78 is 43.6. The molecule has 2 aromatic carbocycles. The number of anilines is 1. The lowest BCUT2D eigenvalue weighted by atomic mass is 10.1. The first-order valence-electron chi connectivity index (χ1n) is 10.4. The summed E-state index contributed by atoms with van der Waals surface area (Å²) in [7, 11) is 3.16. The molecule has 0 bridgehead atoms. The number of urea groups is 1. The Labute approximate surface area is 195 Å². The third-order valence-corrected chi connectivity index (χ3v) is 7.03. The van der Waals surface area contributed by atoms with Crippen LogP contribution in [0, 0.1) is 0 Å². The van der Waals surface area contributed by atoms with E-state index in [2.05, 4.69) is 5.32 Å². The monoisotopic (exact) mass is 481 g/mol. The molecule has 33 heavy (non-hydrogen) atoms. The van der Waals surface area contributed by atoms with Crippen molar-refractivity contribution < 1.29 is 27.5 Å². The van der Waals surface area contributed by atoms with Crippen molar-refractivity contribution >= 4 is 29.4 Å². The largest absolute Gasteiger partial charge is 0.496 e. The summed E-state index contributed by atoms with van der Waals surface area (Å²) in [6, 6.07) is 11.3. The standard InChI is InChI=1S/C23H26F3N3O3S/c1-4-19-20(30)29(21(33-19)17-7-5-6-8-18(17)32-3)14-13-28(2)22(31)27-16-11-9-15(10-12-16)23(24,25)26/h5-12,19,21H,4,13-14H2,1-3H3,(H,27,31). The Hall–Kier alpha value is -2.88. The number of thioether (sulfide) groups is 1. The summed E-state index contributed by atoms with van der Waals surface area (Å²) in [5, 5.41) is 2.17. The highest BCUT2D eigenvalue weighted by atomic mass is 32.2. The molecule has 0 spiro atoms. The number of halogens is 3. The second-order valence-corrected chi connectivity index (χ2v) is 8.87. The number of rotatable bonds is 7. The van der Waals surface area contributed by atoms with E-state index in [0.717, 1.165) is 17.7 Å². The SMILES string of the molecule is CCC1SC(c2ccccc2OC)N(CCN(C)C(=O)Nc2ccc(C(F)(F)F)cc2)C1=O. The maximum Gasteiger partial charge on any atom is 0.416 e. The number of nitrogens with one attached hydrogen (secondary N) is 1. The van der Waals surface area contributed by atoms with E-state index >= 15 is 0 Å². The summed E-state index contributed by atoms with van der Waals surface area (Å²) in [6.45, 7) is 2.52. The fourth-order valence-corrected chi connectivity index (χ4v) is 4.97. The van der Waals surface area contributed by atoms with Gasteiger partial charge >= 0.3 is 12.2 Å². The highest BCUT2D eigenvalue weighted by molar-refractivity contribution is 8.01. The molecule has 1 heterocycles. The third-order valence-electron chi connectivity index (χ3n) is 5.40. The maximum atomic E-state index is 13.0. The summed E-state index contributed by atoms with van der Waals surface area (Å²) in [5.41, 5.74) is 0.364. The lowest BCUT2D eigenvalue weighted by Gasteiger charge is -2.27. The van der Waals surface area contributed by atoms with Crippen LogP contribution in [0.4, 0.5) is 23.7 Å². The van der Waals surface area contributed by atoms with Crippen molar-refractivity contribution in [3.63, 3.8) is 0 Å². The van der Waals surface area contributed by atoms with Gasteiger partial charge in [0.1, 0.15) is 11.1 Å². The number of hydrogen-bond donors (Lipinski definition) is 1. The number of carbonyl (C=O) groups is 2. The number of alkyl halides is 3. The van der Waals surface area contributed by atoms with E-state index in [0.29, 0.717) is 18.7 Å². The number of likely N-dealkylation sites (N-methyl/N-ethyl adjacent to an activating group) is 1. The van der Waals surface area contributed by atoms with Crippen molar-refractivity contribution in [2.75, 3.05) is 32.6 Å². The van der Waals surface area contributed by atoms with E-state index in [-0.39, 0.29) is 28.8 Å². The molecule has 2 aromatic rings. The van der Waals surface area contributed by atoms with E-state index in [9.17, 15) is 22.8 Å². The number of benzene rings is 2. The molecule has 1 aliphatic rings. The van der Waals surface area contributed by atoms with Gasteiger partial charge in [-0.15, -0.1) is 11.8 Å². The lowest BCUT2D eigenvalue weighted by Crippen LogP contribution is -2.40. The highest BCUT2D eigenvalue weighted by Gasteiger charge is 2.41. The van der Waals surface area contributed by atoms with Gasteiger partial charge in [0.15, 0.2) is 0 Å². The van der Waals surface area contributed by atoms with Gasteiger partial charge in [-0.25, -0.2) is 4.79 Å². The smallest absolute Gasteiger partial charge is 0.416 e. The number of amides is 3. The average Bonchev–Trinajstić information content (AvgIpc) is 3.12. The molecule has 1 N–H and O–H groups in total. The minimum absolute atomic E-state index is 0.00922. The highest BCUT2D eigenvalue weighted by Crippen LogP contribution is 2.46.